The van der Waals surface area contributed by atoms with Crippen LogP contribution in [0.15, 0.2) is 0 Å². The van der Waals surface area contributed by atoms with Crippen LogP contribution in [-0.4, -0.2) is 0 Å². The maximum absolute atomic E-state index is 6.25. The predicted octanol–water partition coefficient (Wildman–Crippen LogP) is -10.3. The van der Waals surface area contributed by atoms with E-state index in [2.05, 4.69) is 0 Å². The zero-order valence-corrected chi connectivity index (χ0v) is 43.7. The molecule has 0 aliphatic carbocycles. The Balaban J connectivity index is -0.00000000267. The average Bonchev–Trinajstić information content (AvgIpc) is 3.13. The van der Waals surface area contributed by atoms with Crippen molar-refractivity contribution in [3.63, 3.8) is 0 Å². The van der Waals surface area contributed by atoms with Crippen LogP contribution in [0.1, 0.15) is 0 Å². The van der Waals surface area contributed by atoms with E-state index in [0.29, 0.717) is 0 Å². The molecule has 0 radical (unpaired) electrons. The van der Waals surface area contributed by atoms with Gasteiger partial charge in [0.1, 0.15) is 0 Å². The van der Waals surface area contributed by atoms with E-state index in [9.17, 15) is 0 Å². The summed E-state index contributed by atoms with van der Waals surface area (Å²) in [6, 6.07) is 0. The van der Waals surface area contributed by atoms with Crippen LogP contribution >= 0.6 is 0 Å². The molecule has 0 saturated carbocycles. The van der Waals surface area contributed by atoms with E-state index in [1.54, 1.807) is 0 Å². The van der Waals surface area contributed by atoms with Crippen LogP contribution < -0.4 is 206 Å². The molecule has 0 aromatic carbocycles. The monoisotopic (exact) mass is 1020 g/mol. The van der Waals surface area contributed by atoms with E-state index in [1.807, 2.05) is 0 Å². The minimum atomic E-state index is 0. The van der Waals surface area contributed by atoms with Crippen molar-refractivity contribution in [3.05, 3.63) is 118 Å². The van der Waals surface area contributed by atoms with Crippen LogP contribution in [0, 0.1) is 213 Å². The summed E-state index contributed by atoms with van der Waals surface area (Å²) in [4.78, 5) is 0. The van der Waals surface area contributed by atoms with E-state index < -0.39 is 0 Å². The molecule has 0 aromatic heterocycles. The molecule has 0 fully saturated rings. The molecule has 0 aliphatic heterocycles. The maximum atomic E-state index is 6.25. The van der Waals surface area contributed by atoms with Crippen molar-refractivity contribution in [1.82, 2.24) is 0 Å². The predicted molar refractivity (Wildman–Crippen MR) is 89.4 cm³/mol. The molecule has 222 valence electrons. The Kier molecular flexibility index (Phi) is 619000. The number of nitrogens with zero attached hydrogens (tertiary/aromatic N) is 18. The molecule has 0 atom stereocenters. The van der Waals surface area contributed by atoms with Gasteiger partial charge < -0.3 is 213 Å². The van der Waals surface area contributed by atoms with Crippen molar-refractivity contribution in [3.8, 4) is 0 Å². The Hall–Kier alpha value is 1.00. The summed E-state index contributed by atoms with van der Waals surface area (Å²) in [5.41, 5.74) is 0. The molecular weight excluding hydrogens is 1020 g/mol. The maximum Gasteiger partial charge on any atom is 2.00 e. The molecule has 0 amide bonds. The topological polar surface area (TPSA) is 428 Å². The Morgan fingerprint density at radius 3 is 0.106 bits per heavy atom. The van der Waals surface area contributed by atoms with E-state index >= 15 is 0 Å². The first-order valence-electron chi connectivity index (χ1n) is 4.02. The molecule has 29 heteroatoms. The molecule has 0 bridgehead atoms. The van der Waals surface area contributed by atoms with Crippen LogP contribution in [0.4, 0.5) is 0 Å². The first-order valence-corrected chi connectivity index (χ1v) is 4.02. The number of hydrogen-bond acceptors (Lipinski definition) is 18. The number of hydrogen-bond donors (Lipinski definition) is 0. The quantitative estimate of drug-likeness (QED) is 0.161. The second kappa shape index (κ2) is 99100. The van der Waals surface area contributed by atoms with Gasteiger partial charge in [-0.15, -0.1) is 0 Å². The minimum Gasteiger partial charge on any atom is -0.512 e. The molecule has 18 nitrogen and oxygen atoms in total. The first-order chi connectivity index (χ1) is 18.0. The van der Waals surface area contributed by atoms with Gasteiger partial charge >= 0.3 is 325 Å². The molecule has 0 N–H and O–H groups in total. The van der Waals surface area contributed by atoms with Gasteiger partial charge in [-0.2, -0.15) is 0 Å². The van der Waals surface area contributed by atoms with Crippen LogP contribution in [0.2, 0.25) is 0 Å². The second-order valence-corrected chi connectivity index (χ2v) is 0. The summed E-state index contributed by atoms with van der Waals surface area (Å²) >= 11 is 0. The molecule has 0 aliphatic rings. The van der Waals surface area contributed by atoms with Gasteiger partial charge in [0.25, 0.3) is 0 Å². The zero-order valence-electron chi connectivity index (χ0n) is 23.5. The Labute approximate surface area is 525 Å². The van der Waals surface area contributed by atoms with Gasteiger partial charge in [-0.05, 0) is 0 Å². The van der Waals surface area contributed by atoms with Gasteiger partial charge in [0.2, 0.25) is 0 Å². The SMILES string of the molecule is [C-]#N.[C-]#N.[C-]#N.[C-]#N.[C-]#N.[C-]#N.[C-]#N.[C-]#N.[C-]#N.[C-]#N.[C-]#N.[C-]#N.[C-]#N.[C-]#N.[C-]#N.[C-]#N.[C-]#N.[C-]#N.[Fe+2].[Fe+2].[Fe+2].[Fe+2].[Fe+2].[Fe+2].[Fe+2].[K+].[K+].[K+].[K+]. The zero-order chi connectivity index (χ0) is 36.0. The van der Waals surface area contributed by atoms with E-state index in [4.69, 9.17) is 213 Å². The molecule has 0 aromatic rings. The summed E-state index contributed by atoms with van der Waals surface area (Å²) in [6.45, 7) is 85.5. The van der Waals surface area contributed by atoms with Crippen molar-refractivity contribution in [2.75, 3.05) is 0 Å². The van der Waals surface area contributed by atoms with Crippen molar-refractivity contribution in [2.24, 2.45) is 0 Å². The Morgan fingerprint density at radius 2 is 0.106 bits per heavy atom. The van der Waals surface area contributed by atoms with Crippen molar-refractivity contribution < 1.29 is 325 Å². The van der Waals surface area contributed by atoms with Gasteiger partial charge in [-0.3, -0.25) is 0 Å². The molecule has 0 heterocycles. The standard InChI is InChI=1S/18CN.7Fe.4K/c18*1-2;;;;;;;;;;;/q18*-1;7*+2;4*+1. The van der Waals surface area contributed by atoms with Crippen LogP contribution in [0.3, 0.4) is 0 Å². The summed E-state index contributed by atoms with van der Waals surface area (Å²) in [6.07, 6.45) is 0. The number of rotatable bonds is 0. The van der Waals surface area contributed by atoms with Gasteiger partial charge in [0.05, 0.1) is 0 Å². The van der Waals surface area contributed by atoms with Gasteiger partial charge in [-0.1, -0.05) is 0 Å². The van der Waals surface area contributed by atoms with E-state index in [1.165, 1.54) is 0 Å². The molecule has 0 rings (SSSR count). The van der Waals surface area contributed by atoms with Crippen LogP contribution in [0.5, 0.6) is 0 Å². The molecule has 0 saturated heterocycles. The van der Waals surface area contributed by atoms with Crippen LogP contribution in [0.25, 0.3) is 0 Å². The first kappa shape index (κ1) is 294. The molecule has 0 unspecified atom stereocenters. The van der Waals surface area contributed by atoms with E-state index in [-0.39, 0.29) is 325 Å². The second-order valence-electron chi connectivity index (χ2n) is 0. The third-order valence-corrected chi connectivity index (χ3v) is 0. The van der Waals surface area contributed by atoms with Crippen molar-refractivity contribution in [2.45, 2.75) is 0 Å². The fourth-order valence-corrected chi connectivity index (χ4v) is 0. The Morgan fingerprint density at radius 1 is 0.106 bits per heavy atom. The summed E-state index contributed by atoms with van der Waals surface area (Å²) in [5, 5.41) is 112. The van der Waals surface area contributed by atoms with Crippen LogP contribution in [-0.2, 0) is 119 Å². The van der Waals surface area contributed by atoms with Gasteiger partial charge in [0, 0.05) is 0 Å². The summed E-state index contributed by atoms with van der Waals surface area (Å²) in [5.74, 6) is 0. The summed E-state index contributed by atoms with van der Waals surface area (Å²) in [7, 11) is 0. The fraction of sp³-hybridized carbons (Fsp3) is 0. The van der Waals surface area contributed by atoms with E-state index in [0.717, 1.165) is 0 Å². The fourth-order valence-electron chi connectivity index (χ4n) is 0. The third-order valence-electron chi connectivity index (χ3n) is 0. The molecule has 0 spiro atoms. The molecule has 47 heavy (non-hydrogen) atoms. The van der Waals surface area contributed by atoms with Crippen molar-refractivity contribution in [1.29, 1.82) is 94.7 Å². The third kappa shape index (κ3) is 94800. The molecular formula is C18Fe7K4N18. The van der Waals surface area contributed by atoms with Gasteiger partial charge in [-0.25, -0.2) is 0 Å². The minimum absolute atomic E-state index is 0. The summed E-state index contributed by atoms with van der Waals surface area (Å²) < 4.78 is 0. The average molecular weight is 1020 g/mol. The van der Waals surface area contributed by atoms with Gasteiger partial charge in [0.15, 0.2) is 0 Å². The largest absolute Gasteiger partial charge is 2.00 e. The smallest absolute Gasteiger partial charge is 0.512 e. The Bertz CT molecular complexity index is 394. The normalized spacial score (nSPS) is 0.766. The van der Waals surface area contributed by atoms with Crippen molar-refractivity contribution >= 4 is 0 Å².